The number of hydrogen-bond donors (Lipinski definition) is 2. The first-order valence-corrected chi connectivity index (χ1v) is 3.93. The van der Waals surface area contributed by atoms with Gasteiger partial charge in [0.1, 0.15) is 13.1 Å². The molecule has 0 atom stereocenters. The fourth-order valence-corrected chi connectivity index (χ4v) is 0.149. The summed E-state index contributed by atoms with van der Waals surface area (Å²) in [6, 6.07) is 0. The molecule has 0 aliphatic rings. The predicted molar refractivity (Wildman–Crippen MR) is 50.9 cm³/mol. The van der Waals surface area contributed by atoms with Gasteiger partial charge in [-0.25, -0.2) is 0 Å². The van der Waals surface area contributed by atoms with Crippen LogP contribution in [0.2, 0.25) is 0 Å². The largest absolute Gasteiger partial charge is 0.441 e. The normalized spacial score (nSPS) is 7.47. The van der Waals surface area contributed by atoms with Gasteiger partial charge in [-0.05, 0) is 0 Å². The average Bonchev–Trinajstić information content (AvgIpc) is 2.28. The van der Waals surface area contributed by atoms with Gasteiger partial charge in [0, 0.05) is 27.2 Å². The molecule has 0 aromatic heterocycles. The Hall–Kier alpha value is -1.02. The molecule has 0 aromatic carbocycles. The van der Waals surface area contributed by atoms with E-state index in [1.807, 2.05) is 0 Å². The SMILES string of the molecule is COCO.COCOC=O.O=CCCO. The van der Waals surface area contributed by atoms with Crippen molar-refractivity contribution in [2.45, 2.75) is 6.42 Å². The van der Waals surface area contributed by atoms with Crippen molar-refractivity contribution in [1.82, 2.24) is 0 Å². The molecular weight excluding hydrogens is 208 g/mol. The van der Waals surface area contributed by atoms with Crippen molar-refractivity contribution >= 4 is 12.8 Å². The topological polar surface area (TPSA) is 102 Å². The fourth-order valence-electron chi connectivity index (χ4n) is 0.149. The highest BCUT2D eigenvalue weighted by atomic mass is 16.7. The molecule has 15 heavy (non-hydrogen) atoms. The second kappa shape index (κ2) is 29.3. The van der Waals surface area contributed by atoms with Crippen LogP contribution in [0.4, 0.5) is 0 Å². The zero-order valence-electron chi connectivity index (χ0n) is 8.92. The second-order valence-corrected chi connectivity index (χ2v) is 1.77. The Kier molecular flexibility index (Phi) is 38.1. The first kappa shape index (κ1) is 19.5. The van der Waals surface area contributed by atoms with Gasteiger partial charge in [0.15, 0.2) is 6.79 Å². The predicted octanol–water partition coefficient (Wildman–Crippen LogP) is -1.09. The van der Waals surface area contributed by atoms with Gasteiger partial charge in [-0.1, -0.05) is 0 Å². The molecule has 7 heteroatoms. The molecular formula is C8H18O7. The molecule has 0 aliphatic heterocycles. The maximum absolute atomic E-state index is 9.26. The van der Waals surface area contributed by atoms with E-state index in [1.54, 1.807) is 0 Å². The molecule has 92 valence electrons. The van der Waals surface area contributed by atoms with Crippen LogP contribution < -0.4 is 0 Å². The number of ether oxygens (including phenoxy) is 3. The number of aldehydes is 1. The summed E-state index contributed by atoms with van der Waals surface area (Å²) in [5.41, 5.74) is 0. The quantitative estimate of drug-likeness (QED) is 0.337. The van der Waals surface area contributed by atoms with E-state index in [2.05, 4.69) is 14.2 Å². The number of aliphatic hydroxyl groups is 2. The Morgan fingerprint density at radius 3 is 1.73 bits per heavy atom. The lowest BCUT2D eigenvalue weighted by Gasteiger charge is -1.89. The molecule has 0 unspecified atom stereocenters. The Balaban J connectivity index is -0.000000147. The van der Waals surface area contributed by atoms with Gasteiger partial charge < -0.3 is 29.2 Å². The van der Waals surface area contributed by atoms with E-state index < -0.39 is 0 Å². The Bertz CT molecular complexity index is 105. The standard InChI is InChI=1S/C3H6O3.C3H6O2.C2H6O2/c1-5-3-6-2-4;4-2-1-3-5;1-4-2-3/h2H,3H2,1H3;2,5H,1,3H2;3H,2H2,1H3. The fraction of sp³-hybridized carbons (Fsp3) is 0.750. The summed E-state index contributed by atoms with van der Waals surface area (Å²) in [5.74, 6) is 0. The Morgan fingerprint density at radius 2 is 1.67 bits per heavy atom. The second-order valence-electron chi connectivity index (χ2n) is 1.77. The van der Waals surface area contributed by atoms with E-state index in [9.17, 15) is 9.59 Å². The molecule has 0 bridgehead atoms. The van der Waals surface area contributed by atoms with Gasteiger partial charge >= 0.3 is 0 Å². The Morgan fingerprint density at radius 1 is 1.13 bits per heavy atom. The highest BCUT2D eigenvalue weighted by Crippen LogP contribution is 1.62. The maximum Gasteiger partial charge on any atom is 0.295 e. The summed E-state index contributed by atoms with van der Waals surface area (Å²) in [5, 5.41) is 15.5. The van der Waals surface area contributed by atoms with Crippen molar-refractivity contribution in [1.29, 1.82) is 0 Å². The van der Waals surface area contributed by atoms with Crippen LogP contribution in [0.5, 0.6) is 0 Å². The number of carbonyl (C=O) groups excluding carboxylic acids is 2. The highest BCUT2D eigenvalue weighted by Gasteiger charge is 1.69. The third-order valence-electron chi connectivity index (χ3n) is 0.630. The van der Waals surface area contributed by atoms with Gasteiger partial charge in [0.25, 0.3) is 6.47 Å². The minimum Gasteiger partial charge on any atom is -0.441 e. The summed E-state index contributed by atoms with van der Waals surface area (Å²) in [6.45, 7) is 0.177. The van der Waals surface area contributed by atoms with Crippen molar-refractivity contribution in [2.75, 3.05) is 34.4 Å². The molecule has 0 spiro atoms. The summed E-state index contributed by atoms with van der Waals surface area (Å²) in [6.07, 6.45) is 0.944. The van der Waals surface area contributed by atoms with Crippen LogP contribution in [-0.4, -0.2) is 57.4 Å². The maximum atomic E-state index is 9.26. The number of hydrogen-bond acceptors (Lipinski definition) is 7. The lowest BCUT2D eigenvalue weighted by Crippen LogP contribution is -1.91. The number of rotatable bonds is 6. The van der Waals surface area contributed by atoms with E-state index >= 15 is 0 Å². The van der Waals surface area contributed by atoms with Crippen molar-refractivity contribution in [2.24, 2.45) is 0 Å². The summed E-state index contributed by atoms with van der Waals surface area (Å²) < 4.78 is 12.5. The van der Waals surface area contributed by atoms with Crippen LogP contribution in [0.3, 0.4) is 0 Å². The van der Waals surface area contributed by atoms with Crippen molar-refractivity contribution < 1.29 is 34.0 Å². The molecule has 0 saturated heterocycles. The van der Waals surface area contributed by atoms with Crippen LogP contribution in [0.15, 0.2) is 0 Å². The molecule has 0 fully saturated rings. The summed E-state index contributed by atoms with van der Waals surface area (Å²) in [4.78, 5) is 18.5. The van der Waals surface area contributed by atoms with E-state index in [0.717, 1.165) is 0 Å². The first-order valence-electron chi connectivity index (χ1n) is 3.93. The average molecular weight is 226 g/mol. The van der Waals surface area contributed by atoms with Crippen molar-refractivity contribution in [3.63, 3.8) is 0 Å². The monoisotopic (exact) mass is 226 g/mol. The van der Waals surface area contributed by atoms with E-state index in [1.165, 1.54) is 14.2 Å². The lowest BCUT2D eigenvalue weighted by atomic mass is 10.5. The van der Waals surface area contributed by atoms with E-state index in [-0.39, 0.29) is 26.6 Å². The molecule has 0 amide bonds. The van der Waals surface area contributed by atoms with Crippen LogP contribution in [0, 0.1) is 0 Å². The van der Waals surface area contributed by atoms with Crippen LogP contribution in [-0.2, 0) is 23.8 Å². The molecule has 0 heterocycles. The third-order valence-corrected chi connectivity index (χ3v) is 0.630. The zero-order valence-corrected chi connectivity index (χ0v) is 8.92. The molecule has 7 nitrogen and oxygen atoms in total. The molecule has 0 aromatic rings. The minimum absolute atomic E-state index is 0.0243. The van der Waals surface area contributed by atoms with Gasteiger partial charge in [-0.15, -0.1) is 0 Å². The zero-order chi connectivity index (χ0) is 12.4. The van der Waals surface area contributed by atoms with Gasteiger partial charge in [0.05, 0.1) is 0 Å². The number of aliphatic hydroxyl groups excluding tert-OH is 2. The van der Waals surface area contributed by atoms with Crippen molar-refractivity contribution in [3.8, 4) is 0 Å². The highest BCUT2D eigenvalue weighted by molar-refractivity contribution is 5.49. The number of methoxy groups -OCH3 is 2. The first-order chi connectivity index (χ1) is 7.24. The van der Waals surface area contributed by atoms with Crippen LogP contribution >= 0.6 is 0 Å². The van der Waals surface area contributed by atoms with E-state index in [0.29, 0.717) is 12.8 Å². The summed E-state index contributed by atoms with van der Waals surface area (Å²) >= 11 is 0. The minimum atomic E-state index is -0.181. The van der Waals surface area contributed by atoms with Crippen LogP contribution in [0.1, 0.15) is 6.42 Å². The van der Waals surface area contributed by atoms with Crippen LogP contribution in [0.25, 0.3) is 0 Å². The molecule has 2 N–H and O–H groups in total. The van der Waals surface area contributed by atoms with Crippen molar-refractivity contribution in [3.05, 3.63) is 0 Å². The third kappa shape index (κ3) is 63.1. The number of carbonyl (C=O) groups is 2. The van der Waals surface area contributed by atoms with Gasteiger partial charge in [-0.2, -0.15) is 0 Å². The lowest BCUT2D eigenvalue weighted by molar-refractivity contribution is -0.138. The smallest absolute Gasteiger partial charge is 0.295 e. The van der Waals surface area contributed by atoms with Gasteiger partial charge in [0.2, 0.25) is 0 Å². The molecule has 0 saturated carbocycles. The molecule has 0 radical (unpaired) electrons. The molecule has 0 aliphatic carbocycles. The van der Waals surface area contributed by atoms with Gasteiger partial charge in [-0.3, -0.25) is 4.79 Å². The van der Waals surface area contributed by atoms with E-state index in [4.69, 9.17) is 10.2 Å². The Labute approximate surface area is 88.6 Å². The molecule has 0 rings (SSSR count). The summed E-state index contributed by atoms with van der Waals surface area (Å²) in [7, 11) is 2.88.